The molecule has 1 heterocycles. The Morgan fingerprint density at radius 1 is 1.40 bits per heavy atom. The Balaban J connectivity index is 0.00000200. The molecule has 1 fully saturated rings. The third-order valence-corrected chi connectivity index (χ3v) is 4.76. The van der Waals surface area contributed by atoms with Crippen molar-refractivity contribution in [1.29, 1.82) is 0 Å². The molecule has 0 atom stereocenters. The number of hydrogen-bond donors (Lipinski definition) is 1. The molecule has 0 saturated heterocycles. The summed E-state index contributed by atoms with van der Waals surface area (Å²) in [5.74, 6) is 0.895. The van der Waals surface area contributed by atoms with Crippen LogP contribution in [0.3, 0.4) is 0 Å². The maximum absolute atomic E-state index is 4.85. The fourth-order valence-corrected chi connectivity index (χ4v) is 2.67. The summed E-state index contributed by atoms with van der Waals surface area (Å²) in [6, 6.07) is 2.31. The minimum absolute atomic E-state index is 0. The number of rotatable bonds is 3. The SMILES string of the molecule is CN=C(NC1C(C)(C)C1(C)C)N(C)Cc1ccon1.I. The normalized spacial score (nSPS) is 20.2. The predicted molar refractivity (Wildman–Crippen MR) is 91.2 cm³/mol. The number of aromatic nitrogens is 1. The zero-order valence-electron chi connectivity index (χ0n) is 13.1. The van der Waals surface area contributed by atoms with Gasteiger partial charge >= 0.3 is 0 Å². The second-order valence-corrected chi connectivity index (χ2v) is 6.41. The van der Waals surface area contributed by atoms with Gasteiger partial charge in [0.1, 0.15) is 12.0 Å². The minimum Gasteiger partial charge on any atom is -0.364 e. The lowest BCUT2D eigenvalue weighted by atomic mass is 10.0. The van der Waals surface area contributed by atoms with Crippen molar-refractivity contribution in [1.82, 2.24) is 15.4 Å². The molecule has 0 aliphatic heterocycles. The van der Waals surface area contributed by atoms with E-state index in [1.54, 1.807) is 6.26 Å². The Kier molecular flexibility index (Phi) is 5.10. The first-order chi connectivity index (χ1) is 8.80. The Morgan fingerprint density at radius 2 is 2.00 bits per heavy atom. The first-order valence-corrected chi connectivity index (χ1v) is 6.64. The number of guanidine groups is 1. The van der Waals surface area contributed by atoms with Crippen molar-refractivity contribution in [2.75, 3.05) is 14.1 Å². The Morgan fingerprint density at radius 3 is 2.40 bits per heavy atom. The number of halogens is 1. The van der Waals surface area contributed by atoms with Gasteiger partial charge in [-0.3, -0.25) is 4.99 Å². The number of aliphatic imine (C=N–C) groups is 1. The fourth-order valence-electron chi connectivity index (χ4n) is 2.67. The highest BCUT2D eigenvalue weighted by Crippen LogP contribution is 2.62. The summed E-state index contributed by atoms with van der Waals surface area (Å²) in [6.45, 7) is 9.83. The van der Waals surface area contributed by atoms with Gasteiger partial charge in [-0.25, -0.2) is 0 Å². The third-order valence-electron chi connectivity index (χ3n) is 4.76. The summed E-state index contributed by atoms with van der Waals surface area (Å²) in [5, 5.41) is 7.48. The van der Waals surface area contributed by atoms with Crippen LogP contribution in [0.25, 0.3) is 0 Å². The number of hydrogen-bond acceptors (Lipinski definition) is 3. The summed E-state index contributed by atoms with van der Waals surface area (Å²) < 4.78 is 4.85. The van der Waals surface area contributed by atoms with Gasteiger partial charge < -0.3 is 14.7 Å². The van der Waals surface area contributed by atoms with Gasteiger partial charge in [-0.1, -0.05) is 32.9 Å². The number of nitrogens with one attached hydrogen (secondary N) is 1. The van der Waals surface area contributed by atoms with E-state index in [0.29, 0.717) is 12.6 Å². The minimum atomic E-state index is 0. The van der Waals surface area contributed by atoms with E-state index in [9.17, 15) is 0 Å². The average Bonchev–Trinajstić information content (AvgIpc) is 2.75. The van der Waals surface area contributed by atoms with Gasteiger partial charge in [0.15, 0.2) is 5.96 Å². The average molecular weight is 392 g/mol. The van der Waals surface area contributed by atoms with E-state index >= 15 is 0 Å². The van der Waals surface area contributed by atoms with E-state index in [1.165, 1.54) is 0 Å². The van der Waals surface area contributed by atoms with Crippen LogP contribution in [0.4, 0.5) is 0 Å². The van der Waals surface area contributed by atoms with Crippen molar-refractivity contribution in [3.8, 4) is 0 Å². The lowest BCUT2D eigenvalue weighted by Gasteiger charge is -2.22. The molecule has 1 N–H and O–H groups in total. The van der Waals surface area contributed by atoms with Crippen LogP contribution in [-0.2, 0) is 6.54 Å². The van der Waals surface area contributed by atoms with E-state index in [-0.39, 0.29) is 34.8 Å². The topological polar surface area (TPSA) is 53.7 Å². The molecule has 2 rings (SSSR count). The molecular formula is C14H25IN4O. The van der Waals surface area contributed by atoms with Crippen LogP contribution >= 0.6 is 24.0 Å². The second kappa shape index (κ2) is 5.91. The van der Waals surface area contributed by atoms with Gasteiger partial charge in [-0.2, -0.15) is 0 Å². The molecule has 1 aromatic heterocycles. The monoisotopic (exact) mass is 392 g/mol. The molecule has 0 bridgehead atoms. The summed E-state index contributed by atoms with van der Waals surface area (Å²) in [4.78, 5) is 6.41. The van der Waals surface area contributed by atoms with Crippen LogP contribution in [0.1, 0.15) is 33.4 Å². The van der Waals surface area contributed by atoms with Gasteiger partial charge in [-0.05, 0) is 10.8 Å². The van der Waals surface area contributed by atoms with E-state index in [0.717, 1.165) is 11.7 Å². The van der Waals surface area contributed by atoms with Gasteiger partial charge in [0, 0.05) is 26.2 Å². The van der Waals surface area contributed by atoms with Crippen LogP contribution in [0.15, 0.2) is 21.8 Å². The lowest BCUT2D eigenvalue weighted by Crippen LogP contribution is -2.41. The van der Waals surface area contributed by atoms with Crippen molar-refractivity contribution in [2.24, 2.45) is 15.8 Å². The molecule has 1 aliphatic rings. The van der Waals surface area contributed by atoms with E-state index in [4.69, 9.17) is 4.52 Å². The van der Waals surface area contributed by atoms with Crippen molar-refractivity contribution in [3.63, 3.8) is 0 Å². The molecule has 1 aliphatic carbocycles. The molecule has 0 amide bonds. The molecule has 1 aromatic rings. The second-order valence-electron chi connectivity index (χ2n) is 6.41. The first-order valence-electron chi connectivity index (χ1n) is 6.64. The highest BCUT2D eigenvalue weighted by molar-refractivity contribution is 14.0. The van der Waals surface area contributed by atoms with Gasteiger partial charge in [-0.15, -0.1) is 24.0 Å². The zero-order valence-corrected chi connectivity index (χ0v) is 15.4. The molecule has 1 saturated carbocycles. The quantitative estimate of drug-likeness (QED) is 0.488. The van der Waals surface area contributed by atoms with Crippen LogP contribution in [0, 0.1) is 10.8 Å². The van der Waals surface area contributed by atoms with Crippen molar-refractivity contribution < 1.29 is 4.52 Å². The summed E-state index contributed by atoms with van der Waals surface area (Å²) in [7, 11) is 3.82. The predicted octanol–water partition coefficient (Wildman–Crippen LogP) is 2.73. The van der Waals surface area contributed by atoms with Crippen LogP contribution < -0.4 is 5.32 Å². The molecule has 0 radical (unpaired) electrons. The zero-order chi connectivity index (χ0) is 14.3. The van der Waals surface area contributed by atoms with Crippen LogP contribution in [0.5, 0.6) is 0 Å². The summed E-state index contributed by atoms with van der Waals surface area (Å²) in [5.41, 5.74) is 1.48. The van der Waals surface area contributed by atoms with E-state index < -0.39 is 0 Å². The Labute approximate surface area is 138 Å². The smallest absolute Gasteiger partial charge is 0.193 e. The molecule has 5 nitrogen and oxygen atoms in total. The molecule has 20 heavy (non-hydrogen) atoms. The molecule has 0 spiro atoms. The summed E-state index contributed by atoms with van der Waals surface area (Å²) in [6.07, 6.45) is 1.59. The molecule has 0 aromatic carbocycles. The van der Waals surface area contributed by atoms with E-state index in [1.807, 2.05) is 20.2 Å². The Hall–Kier alpha value is -0.790. The maximum atomic E-state index is 4.85. The third kappa shape index (κ3) is 2.94. The fraction of sp³-hybridized carbons (Fsp3) is 0.714. The van der Waals surface area contributed by atoms with Gasteiger partial charge in [0.05, 0.1) is 6.54 Å². The highest BCUT2D eigenvalue weighted by Gasteiger charge is 2.65. The van der Waals surface area contributed by atoms with Crippen molar-refractivity contribution in [3.05, 3.63) is 18.0 Å². The number of nitrogens with zero attached hydrogens (tertiary/aromatic N) is 3. The highest BCUT2D eigenvalue weighted by atomic mass is 127. The molecule has 0 unspecified atom stereocenters. The maximum Gasteiger partial charge on any atom is 0.193 e. The van der Waals surface area contributed by atoms with Crippen LogP contribution in [0.2, 0.25) is 0 Å². The van der Waals surface area contributed by atoms with E-state index in [2.05, 4.69) is 48.1 Å². The molecular weight excluding hydrogens is 367 g/mol. The van der Waals surface area contributed by atoms with Crippen molar-refractivity contribution >= 4 is 29.9 Å². The largest absolute Gasteiger partial charge is 0.364 e. The molecule has 114 valence electrons. The van der Waals surface area contributed by atoms with Gasteiger partial charge in [0.25, 0.3) is 0 Å². The summed E-state index contributed by atoms with van der Waals surface area (Å²) >= 11 is 0. The van der Waals surface area contributed by atoms with Crippen molar-refractivity contribution in [2.45, 2.75) is 40.3 Å². The lowest BCUT2D eigenvalue weighted by molar-refractivity contribution is 0.390. The van der Waals surface area contributed by atoms with Crippen LogP contribution in [-0.4, -0.2) is 36.2 Å². The molecule has 6 heteroatoms. The first kappa shape index (κ1) is 17.3. The van der Waals surface area contributed by atoms with Gasteiger partial charge in [0.2, 0.25) is 0 Å². The Bertz CT molecular complexity index is 454. The standard InChI is InChI=1S/C14H24N4O.HI/c1-13(2)11(14(13,3)4)16-12(15-5)18(6)9-10-7-8-19-17-10;/h7-8,11H,9H2,1-6H3,(H,15,16);1H.